The number of nitrogens with zero attached hydrogens (tertiary/aromatic N) is 1. The van der Waals surface area contributed by atoms with Crippen LogP contribution in [0.15, 0.2) is 0 Å². The Labute approximate surface area is 118 Å². The number of hydrogen-bond acceptors (Lipinski definition) is 2. The summed E-state index contributed by atoms with van der Waals surface area (Å²) in [5.74, 6) is 1.02. The van der Waals surface area contributed by atoms with Crippen molar-refractivity contribution in [2.45, 2.75) is 77.3 Å². The minimum absolute atomic E-state index is 0.376. The van der Waals surface area contributed by atoms with E-state index >= 15 is 0 Å². The van der Waals surface area contributed by atoms with E-state index in [1.165, 1.54) is 44.9 Å². The van der Waals surface area contributed by atoms with Gasteiger partial charge in [-0.2, -0.15) is 0 Å². The standard InChI is InChI=1S/C16H30N2O/c1-3-18(14-9-5-4-6-10-14)16(19)12-15-13(2)8-7-11-17-15/h13-15,17H,3-12H2,1-2H3. The fraction of sp³-hybridized carbons (Fsp3) is 0.938. The van der Waals surface area contributed by atoms with Crippen LogP contribution in [0.2, 0.25) is 0 Å². The van der Waals surface area contributed by atoms with Crippen molar-refractivity contribution in [1.29, 1.82) is 0 Å². The van der Waals surface area contributed by atoms with Crippen LogP contribution in [0.5, 0.6) is 0 Å². The second-order valence-corrected chi connectivity index (χ2v) is 6.36. The number of amides is 1. The summed E-state index contributed by atoms with van der Waals surface area (Å²) in [6.45, 7) is 6.37. The molecular formula is C16H30N2O. The Morgan fingerprint density at radius 3 is 2.53 bits per heavy atom. The van der Waals surface area contributed by atoms with Crippen molar-refractivity contribution >= 4 is 5.91 Å². The molecule has 1 heterocycles. The predicted molar refractivity (Wildman–Crippen MR) is 79.1 cm³/mol. The van der Waals surface area contributed by atoms with E-state index in [2.05, 4.69) is 24.1 Å². The first-order chi connectivity index (χ1) is 9.22. The monoisotopic (exact) mass is 266 g/mol. The van der Waals surface area contributed by atoms with Gasteiger partial charge in [-0.15, -0.1) is 0 Å². The number of piperidine rings is 1. The van der Waals surface area contributed by atoms with Crippen LogP contribution < -0.4 is 5.32 Å². The van der Waals surface area contributed by atoms with Crippen molar-refractivity contribution in [2.24, 2.45) is 5.92 Å². The molecule has 3 nitrogen and oxygen atoms in total. The van der Waals surface area contributed by atoms with E-state index in [-0.39, 0.29) is 0 Å². The molecule has 0 spiro atoms. The predicted octanol–water partition coefficient (Wildman–Crippen LogP) is 2.95. The van der Waals surface area contributed by atoms with Gasteiger partial charge in [-0.05, 0) is 45.1 Å². The Hall–Kier alpha value is -0.570. The first-order valence-electron chi connectivity index (χ1n) is 8.25. The molecule has 1 aliphatic carbocycles. The molecule has 2 unspecified atom stereocenters. The third-order valence-electron chi connectivity index (χ3n) is 5.00. The molecule has 0 aromatic carbocycles. The summed E-state index contributed by atoms with van der Waals surface area (Å²) in [4.78, 5) is 14.7. The summed E-state index contributed by atoms with van der Waals surface area (Å²) in [6, 6.07) is 0.920. The van der Waals surface area contributed by atoms with Crippen LogP contribution in [0.3, 0.4) is 0 Å². The van der Waals surface area contributed by atoms with Gasteiger partial charge in [-0.1, -0.05) is 26.2 Å². The Morgan fingerprint density at radius 2 is 1.89 bits per heavy atom. The number of rotatable bonds is 4. The molecule has 2 aliphatic rings. The largest absolute Gasteiger partial charge is 0.340 e. The maximum absolute atomic E-state index is 12.6. The summed E-state index contributed by atoms with van der Waals surface area (Å²) in [5, 5.41) is 3.53. The molecule has 0 aromatic heterocycles. The van der Waals surface area contributed by atoms with E-state index in [1.54, 1.807) is 0 Å². The molecule has 1 saturated heterocycles. The van der Waals surface area contributed by atoms with Crippen molar-refractivity contribution < 1.29 is 4.79 Å². The highest BCUT2D eigenvalue weighted by atomic mass is 16.2. The first kappa shape index (κ1) is 14.8. The Bertz CT molecular complexity index is 286. The van der Waals surface area contributed by atoms with Crippen molar-refractivity contribution in [3.8, 4) is 0 Å². The van der Waals surface area contributed by atoms with Crippen molar-refractivity contribution in [3.05, 3.63) is 0 Å². The lowest BCUT2D eigenvalue weighted by Crippen LogP contribution is -2.47. The van der Waals surface area contributed by atoms with Crippen LogP contribution in [0.4, 0.5) is 0 Å². The van der Waals surface area contributed by atoms with Crippen LogP contribution in [-0.2, 0) is 4.79 Å². The highest BCUT2D eigenvalue weighted by Gasteiger charge is 2.28. The number of nitrogens with one attached hydrogen (secondary N) is 1. The van der Waals surface area contributed by atoms with E-state index in [1.807, 2.05) is 0 Å². The molecule has 0 aromatic rings. The highest BCUT2D eigenvalue weighted by molar-refractivity contribution is 5.77. The molecule has 1 N–H and O–H groups in total. The number of hydrogen-bond donors (Lipinski definition) is 1. The summed E-state index contributed by atoms with van der Waals surface area (Å²) in [7, 11) is 0. The van der Waals surface area contributed by atoms with Crippen LogP contribution in [0, 0.1) is 5.92 Å². The summed E-state index contributed by atoms with van der Waals surface area (Å²) in [6.07, 6.45) is 9.60. The Balaban J connectivity index is 1.88. The number of carbonyl (C=O) groups excluding carboxylic acids is 1. The SMILES string of the molecule is CCN(C(=O)CC1NCCCC1C)C1CCCCC1. The van der Waals surface area contributed by atoms with Crippen LogP contribution in [0.1, 0.15) is 65.2 Å². The lowest BCUT2D eigenvalue weighted by atomic mass is 9.89. The van der Waals surface area contributed by atoms with E-state index in [0.717, 1.165) is 13.1 Å². The normalized spacial score (nSPS) is 29.2. The first-order valence-corrected chi connectivity index (χ1v) is 8.25. The van der Waals surface area contributed by atoms with Gasteiger partial charge in [0.1, 0.15) is 0 Å². The fourth-order valence-electron chi connectivity index (χ4n) is 3.72. The van der Waals surface area contributed by atoms with Crippen LogP contribution in [0.25, 0.3) is 0 Å². The molecule has 2 fully saturated rings. The molecule has 0 bridgehead atoms. The number of carbonyl (C=O) groups is 1. The second-order valence-electron chi connectivity index (χ2n) is 6.36. The minimum atomic E-state index is 0.376. The lowest BCUT2D eigenvalue weighted by molar-refractivity contribution is -0.135. The van der Waals surface area contributed by atoms with Gasteiger partial charge in [0.15, 0.2) is 0 Å². The molecule has 19 heavy (non-hydrogen) atoms. The van der Waals surface area contributed by atoms with Crippen molar-refractivity contribution in [3.63, 3.8) is 0 Å². The molecule has 1 aliphatic heterocycles. The van der Waals surface area contributed by atoms with E-state index in [0.29, 0.717) is 30.3 Å². The van der Waals surface area contributed by atoms with E-state index in [9.17, 15) is 4.79 Å². The lowest BCUT2D eigenvalue weighted by Gasteiger charge is -2.36. The second kappa shape index (κ2) is 7.28. The molecule has 2 rings (SSSR count). The van der Waals surface area contributed by atoms with Gasteiger partial charge >= 0.3 is 0 Å². The summed E-state index contributed by atoms with van der Waals surface area (Å²) in [5.41, 5.74) is 0. The van der Waals surface area contributed by atoms with E-state index < -0.39 is 0 Å². The van der Waals surface area contributed by atoms with Gasteiger partial charge in [0.05, 0.1) is 0 Å². The summed E-state index contributed by atoms with van der Waals surface area (Å²) >= 11 is 0. The van der Waals surface area contributed by atoms with Gasteiger partial charge in [0.2, 0.25) is 5.91 Å². The highest BCUT2D eigenvalue weighted by Crippen LogP contribution is 2.24. The van der Waals surface area contributed by atoms with Crippen LogP contribution >= 0.6 is 0 Å². The Morgan fingerprint density at radius 1 is 1.16 bits per heavy atom. The Kier molecular flexibility index (Phi) is 5.68. The topological polar surface area (TPSA) is 32.3 Å². The van der Waals surface area contributed by atoms with Gasteiger partial charge in [-0.25, -0.2) is 0 Å². The van der Waals surface area contributed by atoms with Crippen molar-refractivity contribution in [2.75, 3.05) is 13.1 Å². The van der Waals surface area contributed by atoms with Crippen LogP contribution in [-0.4, -0.2) is 36.0 Å². The molecule has 0 radical (unpaired) electrons. The fourth-order valence-corrected chi connectivity index (χ4v) is 3.72. The summed E-state index contributed by atoms with van der Waals surface area (Å²) < 4.78 is 0. The smallest absolute Gasteiger partial charge is 0.224 e. The quantitative estimate of drug-likeness (QED) is 0.848. The molecule has 2 atom stereocenters. The van der Waals surface area contributed by atoms with Gasteiger partial charge < -0.3 is 10.2 Å². The van der Waals surface area contributed by atoms with Gasteiger partial charge in [0.25, 0.3) is 0 Å². The molecule has 3 heteroatoms. The van der Waals surface area contributed by atoms with Gasteiger partial charge in [-0.3, -0.25) is 4.79 Å². The van der Waals surface area contributed by atoms with E-state index in [4.69, 9.17) is 0 Å². The maximum atomic E-state index is 12.6. The zero-order chi connectivity index (χ0) is 13.7. The maximum Gasteiger partial charge on any atom is 0.224 e. The van der Waals surface area contributed by atoms with Gasteiger partial charge in [0, 0.05) is 25.0 Å². The zero-order valence-electron chi connectivity index (χ0n) is 12.7. The minimum Gasteiger partial charge on any atom is -0.340 e. The molecule has 1 saturated carbocycles. The average Bonchev–Trinajstić information content (AvgIpc) is 2.43. The molecule has 110 valence electrons. The molecular weight excluding hydrogens is 236 g/mol. The third-order valence-corrected chi connectivity index (χ3v) is 5.00. The molecule has 1 amide bonds. The average molecular weight is 266 g/mol. The third kappa shape index (κ3) is 3.95. The zero-order valence-corrected chi connectivity index (χ0v) is 12.7. The van der Waals surface area contributed by atoms with Crippen molar-refractivity contribution in [1.82, 2.24) is 10.2 Å².